The van der Waals surface area contributed by atoms with Gasteiger partial charge in [0.1, 0.15) is 5.82 Å². The maximum atomic E-state index is 13.6. The summed E-state index contributed by atoms with van der Waals surface area (Å²) in [5.41, 5.74) is 2.92. The number of aromatic amines is 1. The molecule has 0 radical (unpaired) electrons. The monoisotopic (exact) mass is 347 g/mol. The number of halogens is 1. The summed E-state index contributed by atoms with van der Waals surface area (Å²) in [4.78, 5) is 27.7. The molecule has 0 aliphatic carbocycles. The maximum Gasteiger partial charge on any atom is 0.285 e. The lowest BCUT2D eigenvalue weighted by Gasteiger charge is -2.15. The van der Waals surface area contributed by atoms with E-state index in [-0.39, 0.29) is 9.88 Å². The van der Waals surface area contributed by atoms with Crippen molar-refractivity contribution in [3.63, 3.8) is 0 Å². The number of H-pyrrole nitrogens is 1. The van der Waals surface area contributed by atoms with Crippen molar-refractivity contribution < 1.29 is 14.0 Å². The van der Waals surface area contributed by atoms with Crippen LogP contribution in [-0.4, -0.2) is 26.1 Å². The predicted octanol–water partition coefficient (Wildman–Crippen LogP) is 2.70. The molecule has 1 aromatic heterocycles. The number of hydrazine groups is 1. The molecule has 5 nitrogen and oxygen atoms in total. The Labute approximate surface area is 140 Å². The van der Waals surface area contributed by atoms with Gasteiger partial charge in [-0.2, -0.15) is 5.01 Å². The predicted molar refractivity (Wildman–Crippen MR) is 89.7 cm³/mol. The maximum absolute atomic E-state index is 13.6. The molecule has 1 saturated heterocycles. The van der Waals surface area contributed by atoms with Crippen molar-refractivity contribution in [2.45, 2.75) is 0 Å². The fraction of sp³-hybridized carbons (Fsp3) is 0. The Balaban J connectivity index is 1.79. The first-order valence-corrected chi connectivity index (χ1v) is 7.75. The molecule has 1 aromatic carbocycles. The molecule has 1 aliphatic heterocycles. The third kappa shape index (κ3) is 3.17. The average Bonchev–Trinajstić information content (AvgIpc) is 3.12. The molecule has 0 spiro atoms. The van der Waals surface area contributed by atoms with E-state index in [0.29, 0.717) is 4.91 Å². The highest BCUT2D eigenvalue weighted by molar-refractivity contribution is 8.26. The Morgan fingerprint density at radius 3 is 2.78 bits per heavy atom. The minimum atomic E-state index is -0.736. The molecular weight excluding hydrogens is 337 g/mol. The fourth-order valence-electron chi connectivity index (χ4n) is 1.95. The van der Waals surface area contributed by atoms with Gasteiger partial charge in [-0.1, -0.05) is 23.9 Å². The van der Waals surface area contributed by atoms with E-state index in [0.717, 1.165) is 22.5 Å². The van der Waals surface area contributed by atoms with Crippen LogP contribution in [0.1, 0.15) is 16.1 Å². The summed E-state index contributed by atoms with van der Waals surface area (Å²) in [6.45, 7) is 0. The van der Waals surface area contributed by atoms with Gasteiger partial charge in [0.15, 0.2) is 4.32 Å². The smallest absolute Gasteiger partial charge is 0.285 e. The summed E-state index contributed by atoms with van der Waals surface area (Å²) in [7, 11) is 0. The van der Waals surface area contributed by atoms with E-state index in [1.807, 2.05) is 0 Å². The number of amides is 2. The third-order valence-electron chi connectivity index (χ3n) is 3.03. The van der Waals surface area contributed by atoms with Crippen LogP contribution in [0.5, 0.6) is 0 Å². The van der Waals surface area contributed by atoms with E-state index in [9.17, 15) is 14.0 Å². The van der Waals surface area contributed by atoms with Crippen LogP contribution in [0, 0.1) is 5.82 Å². The van der Waals surface area contributed by atoms with Crippen molar-refractivity contribution in [1.82, 2.24) is 15.4 Å². The highest BCUT2D eigenvalue weighted by atomic mass is 32.2. The van der Waals surface area contributed by atoms with Crippen LogP contribution >= 0.6 is 24.0 Å². The first kappa shape index (κ1) is 15.4. The summed E-state index contributed by atoms with van der Waals surface area (Å²) < 4.78 is 13.8. The SMILES string of the molecule is O=C(NN1C(=O)C(=Cc2ccc[nH]2)SC1=S)c1ccccc1F. The van der Waals surface area contributed by atoms with Gasteiger partial charge < -0.3 is 4.98 Å². The second-order valence-corrected chi connectivity index (χ2v) is 6.24. The molecular formula is C15H10FN3O2S2. The van der Waals surface area contributed by atoms with Crippen LogP contribution in [0.3, 0.4) is 0 Å². The van der Waals surface area contributed by atoms with Gasteiger partial charge in [0.2, 0.25) is 0 Å². The number of carbonyl (C=O) groups excluding carboxylic acids is 2. The van der Waals surface area contributed by atoms with Crippen molar-refractivity contribution in [3.05, 3.63) is 64.6 Å². The zero-order chi connectivity index (χ0) is 16.4. The number of thioether (sulfide) groups is 1. The third-order valence-corrected chi connectivity index (χ3v) is 4.34. The van der Waals surface area contributed by atoms with Gasteiger partial charge in [0, 0.05) is 11.9 Å². The Bertz CT molecular complexity index is 818. The molecule has 3 rings (SSSR count). The zero-order valence-corrected chi connectivity index (χ0v) is 13.2. The van der Waals surface area contributed by atoms with Crippen molar-refractivity contribution >= 4 is 46.2 Å². The molecule has 2 amide bonds. The number of aromatic nitrogens is 1. The van der Waals surface area contributed by atoms with E-state index in [4.69, 9.17) is 12.2 Å². The number of hydrogen-bond acceptors (Lipinski definition) is 4. The fourth-order valence-corrected chi connectivity index (χ4v) is 3.12. The van der Waals surface area contributed by atoms with Gasteiger partial charge in [0.25, 0.3) is 11.8 Å². The number of benzene rings is 1. The molecule has 116 valence electrons. The Morgan fingerprint density at radius 2 is 2.09 bits per heavy atom. The average molecular weight is 347 g/mol. The first-order chi connectivity index (χ1) is 11.1. The van der Waals surface area contributed by atoms with Crippen LogP contribution in [0.4, 0.5) is 4.39 Å². The summed E-state index contributed by atoms with van der Waals surface area (Å²) in [6.07, 6.45) is 3.36. The van der Waals surface area contributed by atoms with Crippen LogP contribution < -0.4 is 5.43 Å². The van der Waals surface area contributed by atoms with Crippen molar-refractivity contribution in [1.29, 1.82) is 0 Å². The molecule has 8 heteroatoms. The Morgan fingerprint density at radius 1 is 1.30 bits per heavy atom. The lowest BCUT2D eigenvalue weighted by atomic mass is 10.2. The molecule has 0 bridgehead atoms. The van der Waals surface area contributed by atoms with E-state index in [1.54, 1.807) is 24.4 Å². The van der Waals surface area contributed by atoms with Gasteiger partial charge in [-0.15, -0.1) is 0 Å². The van der Waals surface area contributed by atoms with Crippen LogP contribution in [0.25, 0.3) is 6.08 Å². The number of hydrogen-bond donors (Lipinski definition) is 2. The molecule has 1 aliphatic rings. The Kier molecular flexibility index (Phi) is 4.26. The largest absolute Gasteiger partial charge is 0.362 e. The Hall–Kier alpha value is -2.45. The topological polar surface area (TPSA) is 65.2 Å². The molecule has 2 aromatic rings. The van der Waals surface area contributed by atoms with Crippen LogP contribution in [0.2, 0.25) is 0 Å². The highest BCUT2D eigenvalue weighted by Crippen LogP contribution is 2.31. The molecule has 0 unspecified atom stereocenters. The minimum absolute atomic E-state index is 0.158. The lowest BCUT2D eigenvalue weighted by Crippen LogP contribution is -2.45. The number of nitrogens with zero attached hydrogens (tertiary/aromatic N) is 1. The van der Waals surface area contributed by atoms with Gasteiger partial charge in [0.05, 0.1) is 10.5 Å². The first-order valence-electron chi connectivity index (χ1n) is 6.53. The van der Waals surface area contributed by atoms with Gasteiger partial charge in [-0.3, -0.25) is 15.0 Å². The van der Waals surface area contributed by atoms with Crippen molar-refractivity contribution in [3.8, 4) is 0 Å². The zero-order valence-electron chi connectivity index (χ0n) is 11.6. The molecule has 2 N–H and O–H groups in total. The van der Waals surface area contributed by atoms with Gasteiger partial charge >= 0.3 is 0 Å². The van der Waals surface area contributed by atoms with Gasteiger partial charge in [-0.05, 0) is 42.6 Å². The summed E-state index contributed by atoms with van der Waals surface area (Å²) in [5.74, 6) is -1.86. The van der Waals surface area contributed by atoms with E-state index < -0.39 is 17.6 Å². The van der Waals surface area contributed by atoms with Gasteiger partial charge in [-0.25, -0.2) is 4.39 Å². The molecule has 1 fully saturated rings. The number of nitrogens with one attached hydrogen (secondary N) is 2. The number of thiocarbonyl (C=S) groups is 1. The molecule has 2 heterocycles. The summed E-state index contributed by atoms with van der Waals surface area (Å²) >= 11 is 6.16. The highest BCUT2D eigenvalue weighted by Gasteiger charge is 2.34. The summed E-state index contributed by atoms with van der Waals surface area (Å²) in [5, 5.41) is 0.948. The standard InChI is InChI=1S/C15H10FN3O2S2/c16-11-6-2-1-5-10(11)13(20)18-19-14(21)12(23-15(19)22)8-9-4-3-7-17-9/h1-8,17H,(H,18,20). The van der Waals surface area contributed by atoms with Crippen LogP contribution in [0.15, 0.2) is 47.5 Å². The van der Waals surface area contributed by atoms with E-state index in [2.05, 4.69) is 10.4 Å². The minimum Gasteiger partial charge on any atom is -0.362 e. The second kappa shape index (κ2) is 6.35. The molecule has 23 heavy (non-hydrogen) atoms. The van der Waals surface area contributed by atoms with Crippen molar-refractivity contribution in [2.24, 2.45) is 0 Å². The van der Waals surface area contributed by atoms with Crippen LogP contribution in [-0.2, 0) is 4.79 Å². The quantitative estimate of drug-likeness (QED) is 0.662. The number of carbonyl (C=O) groups is 2. The molecule has 0 atom stereocenters. The second-order valence-electron chi connectivity index (χ2n) is 4.56. The normalized spacial score (nSPS) is 16.2. The lowest BCUT2D eigenvalue weighted by molar-refractivity contribution is -0.123. The van der Waals surface area contributed by atoms with E-state index in [1.165, 1.54) is 24.3 Å². The van der Waals surface area contributed by atoms with E-state index >= 15 is 0 Å². The van der Waals surface area contributed by atoms with Crippen molar-refractivity contribution in [2.75, 3.05) is 0 Å². The summed E-state index contributed by atoms with van der Waals surface area (Å²) in [6, 6.07) is 9.11. The number of rotatable bonds is 3. The molecule has 0 saturated carbocycles.